The third-order valence-corrected chi connectivity index (χ3v) is 7.28. The molecule has 190 valence electrons. The second-order valence-electron chi connectivity index (χ2n) is 10.1. The Morgan fingerprint density at radius 3 is 2.72 bits per heavy atom. The molecule has 1 aliphatic heterocycles. The van der Waals surface area contributed by atoms with E-state index in [1.165, 1.54) is 0 Å². The summed E-state index contributed by atoms with van der Waals surface area (Å²) < 4.78 is 8.31. The van der Waals surface area contributed by atoms with E-state index in [0.29, 0.717) is 42.6 Å². The number of rotatable bonds is 7. The number of aromatic nitrogens is 4. The summed E-state index contributed by atoms with van der Waals surface area (Å²) in [5.41, 5.74) is 2.17. The lowest BCUT2D eigenvalue weighted by atomic mass is 9.86. The van der Waals surface area contributed by atoms with Crippen molar-refractivity contribution < 1.29 is 9.53 Å². The maximum atomic E-state index is 12.6. The predicted molar refractivity (Wildman–Crippen MR) is 139 cm³/mol. The highest BCUT2D eigenvalue weighted by Crippen LogP contribution is 2.37. The van der Waals surface area contributed by atoms with E-state index in [-0.39, 0.29) is 18.1 Å². The molecule has 3 heterocycles. The first-order valence-corrected chi connectivity index (χ1v) is 13.1. The van der Waals surface area contributed by atoms with E-state index in [1.54, 1.807) is 6.20 Å². The summed E-state index contributed by atoms with van der Waals surface area (Å²) in [5, 5.41) is 13.2. The Morgan fingerprint density at radius 1 is 1.14 bits per heavy atom. The lowest BCUT2D eigenvalue weighted by molar-refractivity contribution is -0.122. The van der Waals surface area contributed by atoms with E-state index in [9.17, 15) is 4.79 Å². The smallest absolute Gasteiger partial charge is 0.221 e. The summed E-state index contributed by atoms with van der Waals surface area (Å²) in [6.07, 6.45) is 7.56. The lowest BCUT2D eigenvalue weighted by Gasteiger charge is -2.28. The Labute approximate surface area is 217 Å². The molecule has 1 saturated carbocycles. The third-order valence-electron chi connectivity index (χ3n) is 7.05. The van der Waals surface area contributed by atoms with Gasteiger partial charge < -0.3 is 15.0 Å². The monoisotopic (exact) mass is 508 g/mol. The Kier molecular flexibility index (Phi) is 7.53. The van der Waals surface area contributed by atoms with Crippen LogP contribution in [0.2, 0.25) is 5.02 Å². The molecular weight excluding hydrogens is 476 g/mol. The van der Waals surface area contributed by atoms with Gasteiger partial charge in [-0.25, -0.2) is 4.98 Å². The number of hydrogen-bond donors (Lipinski definition) is 1. The molecule has 0 radical (unpaired) electrons. The molecule has 0 unspecified atom stereocenters. The SMILES string of the molecule is CN(C)CCC(=O)N[C@H]1Cc2cc(Cl)ccc2-n2c(nnc2C2CCC(Oc3ccccn3)CC2)C1. The molecule has 1 fully saturated rings. The molecule has 1 atom stereocenters. The maximum Gasteiger partial charge on any atom is 0.221 e. The molecule has 8 nitrogen and oxygen atoms in total. The fourth-order valence-corrected chi connectivity index (χ4v) is 5.43. The largest absolute Gasteiger partial charge is 0.474 e. The summed E-state index contributed by atoms with van der Waals surface area (Å²) in [7, 11) is 3.94. The van der Waals surface area contributed by atoms with Crippen LogP contribution in [0, 0.1) is 0 Å². The number of amides is 1. The van der Waals surface area contributed by atoms with Crippen molar-refractivity contribution in [2.75, 3.05) is 20.6 Å². The topological polar surface area (TPSA) is 85.2 Å². The average Bonchev–Trinajstić information content (AvgIpc) is 3.20. The number of nitrogens with one attached hydrogen (secondary N) is 1. The van der Waals surface area contributed by atoms with E-state index in [4.69, 9.17) is 16.3 Å². The Hall–Kier alpha value is -2.97. The molecule has 1 aliphatic carbocycles. The van der Waals surface area contributed by atoms with E-state index < -0.39 is 0 Å². The van der Waals surface area contributed by atoms with Gasteiger partial charge in [0.2, 0.25) is 11.8 Å². The van der Waals surface area contributed by atoms with Crippen molar-refractivity contribution in [3.63, 3.8) is 0 Å². The van der Waals surface area contributed by atoms with E-state index in [2.05, 4.69) is 31.1 Å². The van der Waals surface area contributed by atoms with Gasteiger partial charge in [-0.05, 0) is 76.0 Å². The molecule has 1 amide bonds. The van der Waals surface area contributed by atoms with Gasteiger partial charge in [-0.1, -0.05) is 17.7 Å². The second kappa shape index (κ2) is 11.0. The fourth-order valence-electron chi connectivity index (χ4n) is 5.24. The fraction of sp³-hybridized carbons (Fsp3) is 0.481. The summed E-state index contributed by atoms with van der Waals surface area (Å²) in [6.45, 7) is 0.716. The first-order chi connectivity index (χ1) is 17.5. The first-order valence-electron chi connectivity index (χ1n) is 12.7. The zero-order valence-electron chi connectivity index (χ0n) is 20.9. The summed E-state index contributed by atoms with van der Waals surface area (Å²) in [4.78, 5) is 18.9. The van der Waals surface area contributed by atoms with Gasteiger partial charge >= 0.3 is 0 Å². The van der Waals surface area contributed by atoms with Gasteiger partial charge in [0.15, 0.2) is 0 Å². The molecule has 2 aromatic heterocycles. The minimum absolute atomic E-state index is 0.0525. The number of pyridine rings is 1. The van der Waals surface area contributed by atoms with Crippen LogP contribution in [0.4, 0.5) is 0 Å². The number of benzene rings is 1. The van der Waals surface area contributed by atoms with Crippen LogP contribution >= 0.6 is 11.6 Å². The molecule has 0 bridgehead atoms. The van der Waals surface area contributed by atoms with Crippen LogP contribution < -0.4 is 10.1 Å². The number of carbonyl (C=O) groups is 1. The van der Waals surface area contributed by atoms with E-state index in [1.807, 2.05) is 49.3 Å². The number of fused-ring (bicyclic) bond motifs is 3. The minimum atomic E-state index is -0.0577. The number of nitrogens with zero attached hydrogens (tertiary/aromatic N) is 5. The van der Waals surface area contributed by atoms with Crippen molar-refractivity contribution in [2.45, 2.75) is 63.0 Å². The van der Waals surface area contributed by atoms with Gasteiger partial charge in [-0.2, -0.15) is 0 Å². The average molecular weight is 509 g/mol. The van der Waals surface area contributed by atoms with Crippen molar-refractivity contribution in [1.82, 2.24) is 30.0 Å². The van der Waals surface area contributed by atoms with Gasteiger partial charge in [0.1, 0.15) is 17.8 Å². The van der Waals surface area contributed by atoms with Crippen LogP contribution in [0.3, 0.4) is 0 Å². The second-order valence-corrected chi connectivity index (χ2v) is 10.5. The van der Waals surface area contributed by atoms with Gasteiger partial charge in [-0.15, -0.1) is 10.2 Å². The third kappa shape index (κ3) is 5.71. The van der Waals surface area contributed by atoms with Crippen molar-refractivity contribution in [1.29, 1.82) is 0 Å². The highest BCUT2D eigenvalue weighted by molar-refractivity contribution is 6.30. The van der Waals surface area contributed by atoms with E-state index >= 15 is 0 Å². The molecule has 2 aliphatic rings. The summed E-state index contributed by atoms with van der Waals surface area (Å²) >= 11 is 6.39. The van der Waals surface area contributed by atoms with Crippen molar-refractivity contribution >= 4 is 17.5 Å². The molecule has 0 spiro atoms. The zero-order valence-corrected chi connectivity index (χ0v) is 21.6. The van der Waals surface area contributed by atoms with Gasteiger partial charge in [0.25, 0.3) is 0 Å². The van der Waals surface area contributed by atoms with Gasteiger partial charge in [0.05, 0.1) is 5.69 Å². The van der Waals surface area contributed by atoms with Crippen LogP contribution in [0.5, 0.6) is 5.88 Å². The Bertz CT molecular complexity index is 1190. The van der Waals surface area contributed by atoms with Crippen molar-refractivity contribution in [2.24, 2.45) is 0 Å². The maximum absolute atomic E-state index is 12.6. The molecular formula is C27H33ClN6O2. The van der Waals surface area contributed by atoms with Crippen LogP contribution in [0.25, 0.3) is 5.69 Å². The number of carbonyl (C=O) groups excluding carboxylic acids is 1. The normalized spacial score (nSPS) is 21.4. The Morgan fingerprint density at radius 2 is 1.97 bits per heavy atom. The van der Waals surface area contributed by atoms with E-state index in [0.717, 1.165) is 48.6 Å². The molecule has 36 heavy (non-hydrogen) atoms. The minimum Gasteiger partial charge on any atom is -0.474 e. The first kappa shape index (κ1) is 24.7. The molecule has 9 heteroatoms. The summed E-state index contributed by atoms with van der Waals surface area (Å²) in [5.74, 6) is 2.91. The van der Waals surface area contributed by atoms with Gasteiger partial charge in [-0.3, -0.25) is 9.36 Å². The molecule has 1 aromatic carbocycles. The standard InChI is InChI=1S/C27H33ClN6O2/c1-33(2)14-12-25(35)30-21-16-19-15-20(28)8-11-23(19)34-24(17-21)31-32-27(34)18-6-9-22(10-7-18)36-26-5-3-4-13-29-26/h3-5,8,11,13,15,18,21-22H,6-7,9-10,12,14,16-17H2,1-2H3,(H,30,35)/t18?,21-,22?/m0/s1. The molecule has 3 aromatic rings. The number of halogens is 1. The van der Waals surface area contributed by atoms with Crippen LogP contribution in [0.15, 0.2) is 42.6 Å². The van der Waals surface area contributed by atoms with Crippen LogP contribution in [-0.4, -0.2) is 63.3 Å². The Balaban J connectivity index is 1.34. The molecule has 1 N–H and O–H groups in total. The van der Waals surface area contributed by atoms with Gasteiger partial charge in [0, 0.05) is 48.6 Å². The van der Waals surface area contributed by atoms with Crippen LogP contribution in [-0.2, 0) is 17.6 Å². The lowest BCUT2D eigenvalue weighted by Crippen LogP contribution is -2.39. The predicted octanol–water partition coefficient (Wildman–Crippen LogP) is 3.96. The van der Waals surface area contributed by atoms with Crippen molar-refractivity contribution in [3.8, 4) is 11.6 Å². The molecule has 5 rings (SSSR count). The summed E-state index contributed by atoms with van der Waals surface area (Å²) in [6, 6.07) is 11.7. The number of hydrogen-bond acceptors (Lipinski definition) is 6. The highest BCUT2D eigenvalue weighted by Gasteiger charge is 2.32. The zero-order chi connectivity index (χ0) is 25.1. The highest BCUT2D eigenvalue weighted by atomic mass is 35.5. The quantitative estimate of drug-likeness (QED) is 0.520. The molecule has 0 saturated heterocycles. The van der Waals surface area contributed by atoms with Crippen LogP contribution in [0.1, 0.15) is 55.2 Å². The number of ether oxygens (including phenoxy) is 1. The van der Waals surface area contributed by atoms with Crippen molar-refractivity contribution in [3.05, 3.63) is 64.8 Å².